The standard InChI is InChI=1S/C16H22N4O3S/c1-13(19-24(21,22)10-8-16-3-2-9-23-16)14-4-6-15(7-5-14)20-12-17-11-18-20/h4-7,11-13,16,19H,2-3,8-10H2,1H3. The summed E-state index contributed by atoms with van der Waals surface area (Å²) in [6.07, 6.45) is 5.69. The van der Waals surface area contributed by atoms with Crippen molar-refractivity contribution < 1.29 is 13.2 Å². The SMILES string of the molecule is CC(NS(=O)(=O)CCC1CCCO1)c1ccc(-n2cncn2)cc1. The van der Waals surface area contributed by atoms with E-state index in [1.54, 1.807) is 11.0 Å². The molecule has 1 fully saturated rings. The lowest BCUT2D eigenvalue weighted by atomic mass is 10.1. The van der Waals surface area contributed by atoms with Gasteiger partial charge in [0.05, 0.1) is 17.5 Å². The van der Waals surface area contributed by atoms with Gasteiger partial charge in [-0.1, -0.05) is 12.1 Å². The van der Waals surface area contributed by atoms with Gasteiger partial charge in [0.25, 0.3) is 0 Å². The van der Waals surface area contributed by atoms with Crippen LogP contribution >= 0.6 is 0 Å². The fraction of sp³-hybridized carbons (Fsp3) is 0.500. The van der Waals surface area contributed by atoms with Crippen LogP contribution in [-0.2, 0) is 14.8 Å². The summed E-state index contributed by atoms with van der Waals surface area (Å²) in [7, 11) is -3.33. The highest BCUT2D eigenvalue weighted by atomic mass is 32.2. The zero-order chi connectivity index (χ0) is 17.0. The fourth-order valence-electron chi connectivity index (χ4n) is 2.81. The Kier molecular flexibility index (Phi) is 5.27. The molecule has 2 heterocycles. The van der Waals surface area contributed by atoms with E-state index in [9.17, 15) is 8.42 Å². The van der Waals surface area contributed by atoms with Gasteiger partial charge < -0.3 is 4.74 Å². The van der Waals surface area contributed by atoms with Crippen molar-refractivity contribution in [2.75, 3.05) is 12.4 Å². The number of hydrogen-bond donors (Lipinski definition) is 1. The molecule has 0 amide bonds. The van der Waals surface area contributed by atoms with E-state index < -0.39 is 10.0 Å². The average molecular weight is 350 g/mol. The first-order chi connectivity index (χ1) is 11.5. The molecule has 2 atom stereocenters. The number of nitrogens with one attached hydrogen (secondary N) is 1. The second-order valence-corrected chi connectivity index (χ2v) is 7.89. The highest BCUT2D eigenvalue weighted by molar-refractivity contribution is 7.89. The fourth-order valence-corrected chi connectivity index (χ4v) is 4.18. The molecule has 2 unspecified atom stereocenters. The molecule has 0 aliphatic carbocycles. The molecule has 1 N–H and O–H groups in total. The minimum Gasteiger partial charge on any atom is -0.378 e. The van der Waals surface area contributed by atoms with Gasteiger partial charge in [0.1, 0.15) is 12.7 Å². The van der Waals surface area contributed by atoms with Crippen LogP contribution in [0.25, 0.3) is 5.69 Å². The third-order valence-corrected chi connectivity index (χ3v) is 5.65. The Morgan fingerprint density at radius 3 is 2.79 bits per heavy atom. The zero-order valence-corrected chi connectivity index (χ0v) is 14.4. The van der Waals surface area contributed by atoms with Crippen LogP contribution in [0.5, 0.6) is 0 Å². The van der Waals surface area contributed by atoms with Crippen molar-refractivity contribution in [2.45, 2.75) is 38.3 Å². The first-order valence-corrected chi connectivity index (χ1v) is 9.75. The van der Waals surface area contributed by atoms with E-state index in [1.165, 1.54) is 6.33 Å². The van der Waals surface area contributed by atoms with Crippen molar-refractivity contribution >= 4 is 10.0 Å². The van der Waals surface area contributed by atoms with Gasteiger partial charge in [0, 0.05) is 12.6 Å². The maximum absolute atomic E-state index is 12.2. The number of sulfonamides is 1. The Morgan fingerprint density at radius 1 is 1.38 bits per heavy atom. The lowest BCUT2D eigenvalue weighted by Gasteiger charge is -2.16. The van der Waals surface area contributed by atoms with Crippen molar-refractivity contribution in [3.8, 4) is 5.69 Å². The number of hydrogen-bond acceptors (Lipinski definition) is 5. The Bertz CT molecular complexity index is 738. The Hall–Kier alpha value is -1.77. The smallest absolute Gasteiger partial charge is 0.212 e. The quantitative estimate of drug-likeness (QED) is 0.823. The lowest BCUT2D eigenvalue weighted by Crippen LogP contribution is -2.30. The molecule has 130 valence electrons. The molecular weight excluding hydrogens is 328 g/mol. The van der Waals surface area contributed by atoms with Gasteiger partial charge in [-0.25, -0.2) is 22.8 Å². The van der Waals surface area contributed by atoms with E-state index in [0.29, 0.717) is 6.42 Å². The van der Waals surface area contributed by atoms with Crippen molar-refractivity contribution in [2.24, 2.45) is 0 Å². The lowest BCUT2D eigenvalue weighted by molar-refractivity contribution is 0.108. The second-order valence-electron chi connectivity index (χ2n) is 6.01. The van der Waals surface area contributed by atoms with Crippen LogP contribution in [0.15, 0.2) is 36.9 Å². The van der Waals surface area contributed by atoms with Crippen LogP contribution < -0.4 is 4.72 Å². The van der Waals surface area contributed by atoms with E-state index in [1.807, 2.05) is 31.2 Å². The molecule has 2 aromatic rings. The van der Waals surface area contributed by atoms with Crippen LogP contribution in [0.1, 0.15) is 37.8 Å². The highest BCUT2D eigenvalue weighted by Gasteiger charge is 2.21. The number of rotatable bonds is 7. The first kappa shape index (κ1) is 17.1. The normalized spacial score (nSPS) is 19.5. The number of ether oxygens (including phenoxy) is 1. The Labute approximate surface area is 142 Å². The van der Waals surface area contributed by atoms with Gasteiger partial charge in [-0.3, -0.25) is 0 Å². The van der Waals surface area contributed by atoms with E-state index in [-0.39, 0.29) is 17.9 Å². The van der Waals surface area contributed by atoms with Crippen molar-refractivity contribution in [3.05, 3.63) is 42.5 Å². The predicted molar refractivity (Wildman–Crippen MR) is 90.3 cm³/mol. The van der Waals surface area contributed by atoms with Gasteiger partial charge >= 0.3 is 0 Å². The summed E-state index contributed by atoms with van der Waals surface area (Å²) in [5.41, 5.74) is 1.78. The molecule has 1 aromatic carbocycles. The molecule has 1 aliphatic rings. The van der Waals surface area contributed by atoms with Crippen LogP contribution in [0.2, 0.25) is 0 Å². The Balaban J connectivity index is 1.58. The van der Waals surface area contributed by atoms with E-state index >= 15 is 0 Å². The second kappa shape index (κ2) is 7.42. The monoisotopic (exact) mass is 350 g/mol. The molecular formula is C16H22N4O3S. The summed E-state index contributed by atoms with van der Waals surface area (Å²) in [5, 5.41) is 4.06. The number of aromatic nitrogens is 3. The number of nitrogens with zero attached hydrogens (tertiary/aromatic N) is 3. The van der Waals surface area contributed by atoms with Gasteiger partial charge in [-0.15, -0.1) is 0 Å². The van der Waals surface area contributed by atoms with Gasteiger partial charge in [0.2, 0.25) is 10.0 Å². The van der Waals surface area contributed by atoms with Crippen LogP contribution in [0.3, 0.4) is 0 Å². The molecule has 0 saturated carbocycles. The number of benzene rings is 1. The molecule has 7 nitrogen and oxygen atoms in total. The minimum absolute atomic E-state index is 0.0823. The van der Waals surface area contributed by atoms with E-state index in [4.69, 9.17) is 4.74 Å². The summed E-state index contributed by atoms with van der Waals surface area (Å²) in [4.78, 5) is 3.91. The van der Waals surface area contributed by atoms with Crippen LogP contribution in [-0.4, -0.2) is 41.6 Å². The molecule has 0 bridgehead atoms. The first-order valence-electron chi connectivity index (χ1n) is 8.10. The van der Waals surface area contributed by atoms with Crippen LogP contribution in [0.4, 0.5) is 0 Å². The molecule has 0 spiro atoms. The maximum atomic E-state index is 12.2. The summed E-state index contributed by atoms with van der Waals surface area (Å²) in [6.45, 7) is 2.58. The molecule has 24 heavy (non-hydrogen) atoms. The highest BCUT2D eigenvalue weighted by Crippen LogP contribution is 2.18. The van der Waals surface area contributed by atoms with Gasteiger partial charge in [0.15, 0.2) is 0 Å². The largest absolute Gasteiger partial charge is 0.378 e. The van der Waals surface area contributed by atoms with Gasteiger partial charge in [-0.05, 0) is 43.9 Å². The zero-order valence-electron chi connectivity index (χ0n) is 13.6. The summed E-state index contributed by atoms with van der Waals surface area (Å²) >= 11 is 0. The molecule has 8 heteroatoms. The van der Waals surface area contributed by atoms with Gasteiger partial charge in [-0.2, -0.15) is 5.10 Å². The molecule has 1 aliphatic heterocycles. The molecule has 3 rings (SSSR count). The third kappa shape index (κ3) is 4.40. The van der Waals surface area contributed by atoms with Crippen molar-refractivity contribution in [1.29, 1.82) is 0 Å². The van der Waals surface area contributed by atoms with Crippen molar-refractivity contribution in [3.63, 3.8) is 0 Å². The van der Waals surface area contributed by atoms with Crippen molar-refractivity contribution in [1.82, 2.24) is 19.5 Å². The summed E-state index contributed by atoms with van der Waals surface area (Å²) < 4.78 is 34.3. The summed E-state index contributed by atoms with van der Waals surface area (Å²) in [6, 6.07) is 7.28. The van der Waals surface area contributed by atoms with E-state index in [0.717, 1.165) is 30.7 Å². The minimum atomic E-state index is -3.33. The topological polar surface area (TPSA) is 86.1 Å². The average Bonchev–Trinajstić information content (AvgIpc) is 3.26. The third-order valence-electron chi connectivity index (χ3n) is 4.17. The Morgan fingerprint density at radius 2 is 2.17 bits per heavy atom. The predicted octanol–water partition coefficient (Wildman–Crippen LogP) is 1.82. The molecule has 0 radical (unpaired) electrons. The molecule has 1 aromatic heterocycles. The van der Waals surface area contributed by atoms with Crippen LogP contribution in [0, 0.1) is 0 Å². The van der Waals surface area contributed by atoms with E-state index in [2.05, 4.69) is 14.8 Å². The summed E-state index contributed by atoms with van der Waals surface area (Å²) in [5.74, 6) is 0.0963. The maximum Gasteiger partial charge on any atom is 0.212 e. The molecule has 1 saturated heterocycles.